The molecule has 0 atom stereocenters. The van der Waals surface area contributed by atoms with Gasteiger partial charge in [0.25, 0.3) is 5.91 Å². The molecule has 6 heteroatoms. The second-order valence-corrected chi connectivity index (χ2v) is 6.84. The van der Waals surface area contributed by atoms with Crippen molar-refractivity contribution in [3.05, 3.63) is 51.2 Å². The molecule has 1 fully saturated rings. The van der Waals surface area contributed by atoms with E-state index in [-0.39, 0.29) is 5.91 Å². The number of thiophene rings is 1. The molecule has 0 bridgehead atoms. The predicted octanol–water partition coefficient (Wildman–Crippen LogP) is 3.49. The van der Waals surface area contributed by atoms with Crippen LogP contribution in [0.2, 0.25) is 4.34 Å². The first kappa shape index (κ1) is 15.3. The molecular weight excluding hydrogens is 320 g/mol. The molecule has 3 rings (SSSR count). The Labute approximate surface area is 138 Å². The largest absolute Gasteiger partial charge is 0.380 e. The fourth-order valence-electron chi connectivity index (χ4n) is 2.32. The van der Waals surface area contributed by atoms with Crippen molar-refractivity contribution < 1.29 is 9.53 Å². The number of carbonyl (C=O) groups is 1. The molecule has 0 aliphatic carbocycles. The van der Waals surface area contributed by atoms with Gasteiger partial charge in [-0.1, -0.05) is 11.6 Å². The second kappa shape index (κ2) is 7.13. The normalized spacial score (nSPS) is 14.9. The number of nitrogens with one attached hydrogen (secondary N) is 1. The molecule has 4 nitrogen and oxygen atoms in total. The summed E-state index contributed by atoms with van der Waals surface area (Å²) in [7, 11) is 0. The standard InChI is InChI=1S/C16H17ClN2O2S/c17-15-6-5-14(22-15)11-18-13-3-1-12(2-4-13)16(20)19-7-9-21-10-8-19/h1-6,18H,7-11H2. The van der Waals surface area contributed by atoms with Gasteiger partial charge < -0.3 is 15.0 Å². The third-order valence-corrected chi connectivity index (χ3v) is 4.76. The molecule has 2 heterocycles. The highest BCUT2D eigenvalue weighted by Gasteiger charge is 2.18. The van der Waals surface area contributed by atoms with E-state index in [1.807, 2.05) is 41.3 Å². The summed E-state index contributed by atoms with van der Waals surface area (Å²) in [6.07, 6.45) is 0. The number of hydrogen-bond acceptors (Lipinski definition) is 4. The minimum absolute atomic E-state index is 0.0693. The lowest BCUT2D eigenvalue weighted by atomic mass is 10.1. The SMILES string of the molecule is O=C(c1ccc(NCc2ccc(Cl)s2)cc1)N1CCOCC1. The third-order valence-electron chi connectivity index (χ3n) is 3.53. The lowest BCUT2D eigenvalue weighted by Gasteiger charge is -2.26. The first-order chi connectivity index (χ1) is 10.7. The number of halogens is 1. The summed E-state index contributed by atoms with van der Waals surface area (Å²) in [6.45, 7) is 3.30. The number of hydrogen-bond donors (Lipinski definition) is 1. The van der Waals surface area contributed by atoms with E-state index in [2.05, 4.69) is 5.32 Å². The summed E-state index contributed by atoms with van der Waals surface area (Å²) in [4.78, 5) is 15.3. The second-order valence-electron chi connectivity index (χ2n) is 5.04. The maximum absolute atomic E-state index is 12.3. The molecule has 1 aromatic carbocycles. The number of nitrogens with zero attached hydrogens (tertiary/aromatic N) is 1. The fraction of sp³-hybridized carbons (Fsp3) is 0.312. The molecule has 2 aromatic rings. The van der Waals surface area contributed by atoms with Crippen LogP contribution in [0.25, 0.3) is 0 Å². The molecule has 1 N–H and O–H groups in total. The van der Waals surface area contributed by atoms with Crippen LogP contribution in [0.4, 0.5) is 5.69 Å². The van der Waals surface area contributed by atoms with Gasteiger partial charge in [-0.3, -0.25) is 4.79 Å². The summed E-state index contributed by atoms with van der Waals surface area (Å²) in [5.41, 5.74) is 1.70. The Hall–Kier alpha value is -1.56. The van der Waals surface area contributed by atoms with Gasteiger partial charge in [0.05, 0.1) is 17.6 Å². The maximum Gasteiger partial charge on any atom is 0.254 e. The highest BCUT2D eigenvalue weighted by molar-refractivity contribution is 7.16. The highest BCUT2D eigenvalue weighted by Crippen LogP contribution is 2.22. The Morgan fingerprint density at radius 1 is 1.18 bits per heavy atom. The van der Waals surface area contributed by atoms with Gasteiger partial charge >= 0.3 is 0 Å². The maximum atomic E-state index is 12.3. The molecule has 116 valence electrons. The van der Waals surface area contributed by atoms with Crippen LogP contribution in [0.15, 0.2) is 36.4 Å². The zero-order chi connectivity index (χ0) is 15.4. The molecule has 0 saturated carbocycles. The molecule has 0 unspecified atom stereocenters. The van der Waals surface area contributed by atoms with Crippen molar-refractivity contribution in [1.29, 1.82) is 0 Å². The van der Waals surface area contributed by atoms with E-state index in [4.69, 9.17) is 16.3 Å². The van der Waals surface area contributed by atoms with Gasteiger partial charge in [0.15, 0.2) is 0 Å². The average molecular weight is 337 g/mol. The van der Waals surface area contributed by atoms with E-state index in [9.17, 15) is 4.79 Å². The Bertz CT molecular complexity index is 636. The van der Waals surface area contributed by atoms with Crippen molar-refractivity contribution in [2.75, 3.05) is 31.6 Å². The van der Waals surface area contributed by atoms with Crippen LogP contribution in [-0.2, 0) is 11.3 Å². The first-order valence-electron chi connectivity index (χ1n) is 7.17. The fourth-order valence-corrected chi connectivity index (χ4v) is 3.34. The van der Waals surface area contributed by atoms with Crippen LogP contribution in [0, 0.1) is 0 Å². The molecule has 1 aliphatic rings. The van der Waals surface area contributed by atoms with Crippen molar-refractivity contribution in [2.24, 2.45) is 0 Å². The van der Waals surface area contributed by atoms with Gasteiger partial charge in [-0.2, -0.15) is 0 Å². The number of rotatable bonds is 4. The Balaban J connectivity index is 1.58. The average Bonchev–Trinajstić information content (AvgIpc) is 2.99. The lowest BCUT2D eigenvalue weighted by molar-refractivity contribution is 0.0303. The summed E-state index contributed by atoms with van der Waals surface area (Å²) < 4.78 is 6.06. The number of amides is 1. The van der Waals surface area contributed by atoms with Gasteiger partial charge in [-0.05, 0) is 36.4 Å². The molecule has 1 amide bonds. The van der Waals surface area contributed by atoms with Crippen LogP contribution in [0.1, 0.15) is 15.2 Å². The van der Waals surface area contributed by atoms with Crippen LogP contribution < -0.4 is 5.32 Å². The summed E-state index contributed by atoms with van der Waals surface area (Å²) in [5.74, 6) is 0.0693. The molecular formula is C16H17ClN2O2S. The van der Waals surface area contributed by atoms with Crippen molar-refractivity contribution in [3.63, 3.8) is 0 Å². The molecule has 1 aliphatic heterocycles. The van der Waals surface area contributed by atoms with E-state index >= 15 is 0 Å². The first-order valence-corrected chi connectivity index (χ1v) is 8.37. The van der Waals surface area contributed by atoms with Crippen molar-refractivity contribution in [3.8, 4) is 0 Å². The number of carbonyl (C=O) groups excluding carboxylic acids is 1. The van der Waals surface area contributed by atoms with Crippen molar-refractivity contribution in [1.82, 2.24) is 4.90 Å². The van der Waals surface area contributed by atoms with E-state index in [1.165, 1.54) is 4.88 Å². The zero-order valence-electron chi connectivity index (χ0n) is 12.0. The molecule has 0 radical (unpaired) electrons. The summed E-state index contributed by atoms with van der Waals surface area (Å²) >= 11 is 7.48. The zero-order valence-corrected chi connectivity index (χ0v) is 13.6. The van der Waals surface area contributed by atoms with Crippen LogP contribution in [0.3, 0.4) is 0 Å². The minimum atomic E-state index is 0.0693. The Morgan fingerprint density at radius 2 is 1.91 bits per heavy atom. The lowest BCUT2D eigenvalue weighted by Crippen LogP contribution is -2.40. The van der Waals surface area contributed by atoms with Crippen LogP contribution in [0.5, 0.6) is 0 Å². The molecule has 1 aromatic heterocycles. The number of anilines is 1. The van der Waals surface area contributed by atoms with Crippen LogP contribution in [-0.4, -0.2) is 37.1 Å². The smallest absolute Gasteiger partial charge is 0.254 e. The Morgan fingerprint density at radius 3 is 2.55 bits per heavy atom. The summed E-state index contributed by atoms with van der Waals surface area (Å²) in [5, 5.41) is 3.33. The van der Waals surface area contributed by atoms with E-state index in [1.54, 1.807) is 11.3 Å². The van der Waals surface area contributed by atoms with Gasteiger partial charge in [0.2, 0.25) is 0 Å². The van der Waals surface area contributed by atoms with Crippen molar-refractivity contribution in [2.45, 2.75) is 6.54 Å². The number of morpholine rings is 1. The van der Waals surface area contributed by atoms with E-state index < -0.39 is 0 Å². The van der Waals surface area contributed by atoms with Gasteiger partial charge in [-0.25, -0.2) is 0 Å². The van der Waals surface area contributed by atoms with Gasteiger partial charge in [-0.15, -0.1) is 11.3 Å². The Kier molecular flexibility index (Phi) is 4.97. The predicted molar refractivity (Wildman–Crippen MR) is 89.8 cm³/mol. The van der Waals surface area contributed by atoms with E-state index in [0.717, 1.165) is 16.6 Å². The molecule has 22 heavy (non-hydrogen) atoms. The summed E-state index contributed by atoms with van der Waals surface area (Å²) in [6, 6.07) is 11.5. The van der Waals surface area contributed by atoms with Gasteiger partial charge in [0.1, 0.15) is 0 Å². The topological polar surface area (TPSA) is 41.6 Å². The molecule has 1 saturated heterocycles. The molecule has 0 spiro atoms. The monoisotopic (exact) mass is 336 g/mol. The number of benzene rings is 1. The number of ether oxygens (including phenoxy) is 1. The minimum Gasteiger partial charge on any atom is -0.380 e. The van der Waals surface area contributed by atoms with Crippen LogP contribution >= 0.6 is 22.9 Å². The van der Waals surface area contributed by atoms with Crippen molar-refractivity contribution >= 4 is 34.5 Å². The third kappa shape index (κ3) is 3.80. The quantitative estimate of drug-likeness (QED) is 0.929. The highest BCUT2D eigenvalue weighted by atomic mass is 35.5. The van der Waals surface area contributed by atoms with E-state index in [0.29, 0.717) is 31.9 Å². The van der Waals surface area contributed by atoms with Gasteiger partial charge in [0, 0.05) is 35.8 Å².